The maximum atomic E-state index is 11.3. The van der Waals surface area contributed by atoms with E-state index < -0.39 is 5.60 Å². The van der Waals surface area contributed by atoms with Crippen molar-refractivity contribution in [3.8, 4) is 0 Å². The molecule has 3 rings (SSSR count). The number of ether oxygens (including phenoxy) is 1. The molecule has 0 bridgehead atoms. The van der Waals surface area contributed by atoms with Gasteiger partial charge in [0.15, 0.2) is 0 Å². The van der Waals surface area contributed by atoms with Gasteiger partial charge in [0.05, 0.1) is 17.8 Å². The van der Waals surface area contributed by atoms with Crippen LogP contribution in [0.25, 0.3) is 0 Å². The summed E-state index contributed by atoms with van der Waals surface area (Å²) in [5, 5.41) is 11.3. The second kappa shape index (κ2) is 5.12. The lowest BCUT2D eigenvalue weighted by Crippen LogP contribution is -2.51. The van der Waals surface area contributed by atoms with Gasteiger partial charge in [0.25, 0.3) is 0 Å². The summed E-state index contributed by atoms with van der Waals surface area (Å²) in [6.45, 7) is 4.91. The van der Waals surface area contributed by atoms with Crippen molar-refractivity contribution in [2.24, 2.45) is 0 Å². The highest BCUT2D eigenvalue weighted by Gasteiger charge is 2.47. The number of aryl methyl sites for hydroxylation is 1. The van der Waals surface area contributed by atoms with Crippen LogP contribution < -0.4 is 0 Å². The van der Waals surface area contributed by atoms with Gasteiger partial charge in [0.2, 0.25) is 0 Å². The molecule has 2 aliphatic rings. The Labute approximate surface area is 121 Å². The predicted molar refractivity (Wildman–Crippen MR) is 78.7 cm³/mol. The van der Waals surface area contributed by atoms with Crippen LogP contribution in [-0.4, -0.2) is 27.9 Å². The van der Waals surface area contributed by atoms with Crippen LogP contribution in [0, 0.1) is 0 Å². The average molecular weight is 275 g/mol. The van der Waals surface area contributed by atoms with Crippen LogP contribution in [0.4, 0.5) is 0 Å². The molecule has 110 valence electrons. The Morgan fingerprint density at radius 1 is 1.50 bits per heavy atom. The van der Waals surface area contributed by atoms with Crippen molar-refractivity contribution in [1.82, 2.24) is 4.98 Å². The molecule has 0 radical (unpaired) electrons. The lowest BCUT2D eigenvalue weighted by Gasteiger charge is -2.48. The number of nitrogens with zero attached hydrogens (tertiary/aromatic N) is 1. The summed E-state index contributed by atoms with van der Waals surface area (Å²) in [5.41, 5.74) is 1.59. The van der Waals surface area contributed by atoms with Gasteiger partial charge in [0.1, 0.15) is 0 Å². The molecule has 20 heavy (non-hydrogen) atoms. The van der Waals surface area contributed by atoms with Crippen LogP contribution in [0.5, 0.6) is 0 Å². The minimum Gasteiger partial charge on any atom is -0.389 e. The van der Waals surface area contributed by atoms with E-state index in [1.54, 1.807) is 0 Å². The molecule has 3 heteroatoms. The van der Waals surface area contributed by atoms with Crippen molar-refractivity contribution in [2.75, 3.05) is 6.61 Å². The van der Waals surface area contributed by atoms with Crippen LogP contribution in [0.3, 0.4) is 0 Å². The fourth-order valence-corrected chi connectivity index (χ4v) is 3.92. The summed E-state index contributed by atoms with van der Waals surface area (Å²) in [4.78, 5) is 4.59. The van der Waals surface area contributed by atoms with E-state index in [2.05, 4.69) is 24.9 Å². The van der Waals surface area contributed by atoms with Gasteiger partial charge in [-0.25, -0.2) is 0 Å². The lowest BCUT2D eigenvalue weighted by molar-refractivity contribution is -0.164. The first-order valence-corrected chi connectivity index (χ1v) is 7.86. The molecule has 1 N–H and O–H groups in total. The molecule has 0 amide bonds. The summed E-state index contributed by atoms with van der Waals surface area (Å²) in [7, 11) is 0. The summed E-state index contributed by atoms with van der Waals surface area (Å²) in [5.74, 6) is 0.169. The predicted octanol–water partition coefficient (Wildman–Crippen LogP) is 3.21. The fraction of sp³-hybridized carbons (Fsp3) is 0.706. The molecule has 1 aliphatic carbocycles. The van der Waals surface area contributed by atoms with Crippen molar-refractivity contribution in [3.63, 3.8) is 0 Å². The third-order valence-electron chi connectivity index (χ3n) is 5.26. The van der Waals surface area contributed by atoms with Gasteiger partial charge < -0.3 is 9.84 Å². The minimum absolute atomic E-state index is 0.169. The standard InChI is InChI=1S/C17H25NO2/c1-3-16(2)12-17(19,9-11-20-16)14-8-4-6-13-7-5-10-18-15(13)14/h5,7,10,14,19H,3-4,6,8-9,11-12H2,1-2H3. The van der Waals surface area contributed by atoms with Gasteiger partial charge in [-0.1, -0.05) is 13.0 Å². The van der Waals surface area contributed by atoms with Gasteiger partial charge in [-0.15, -0.1) is 0 Å². The largest absolute Gasteiger partial charge is 0.389 e. The lowest BCUT2D eigenvalue weighted by atomic mass is 9.68. The zero-order chi connectivity index (χ0) is 14.2. The van der Waals surface area contributed by atoms with E-state index in [1.165, 1.54) is 5.56 Å². The summed E-state index contributed by atoms with van der Waals surface area (Å²) in [6.07, 6.45) is 7.53. The zero-order valence-electron chi connectivity index (χ0n) is 12.6. The first-order valence-electron chi connectivity index (χ1n) is 7.86. The Hall–Kier alpha value is -0.930. The third-order valence-corrected chi connectivity index (χ3v) is 5.26. The van der Waals surface area contributed by atoms with E-state index in [4.69, 9.17) is 4.74 Å². The van der Waals surface area contributed by atoms with E-state index in [9.17, 15) is 5.11 Å². The van der Waals surface area contributed by atoms with E-state index in [0.29, 0.717) is 6.61 Å². The number of pyridine rings is 1. The Balaban J connectivity index is 1.92. The van der Waals surface area contributed by atoms with E-state index in [0.717, 1.165) is 44.2 Å². The van der Waals surface area contributed by atoms with Gasteiger partial charge >= 0.3 is 0 Å². The highest BCUT2D eigenvalue weighted by Crippen LogP contribution is 2.46. The molecule has 1 aromatic rings. The molecule has 1 fully saturated rings. The molecule has 1 saturated heterocycles. The maximum absolute atomic E-state index is 11.3. The Morgan fingerprint density at radius 3 is 3.15 bits per heavy atom. The highest BCUT2D eigenvalue weighted by atomic mass is 16.5. The van der Waals surface area contributed by atoms with Crippen molar-refractivity contribution < 1.29 is 9.84 Å². The van der Waals surface area contributed by atoms with E-state index in [-0.39, 0.29) is 11.5 Å². The molecular weight excluding hydrogens is 250 g/mol. The second-order valence-electron chi connectivity index (χ2n) is 6.67. The highest BCUT2D eigenvalue weighted by molar-refractivity contribution is 5.29. The van der Waals surface area contributed by atoms with Crippen LogP contribution in [-0.2, 0) is 11.2 Å². The molecule has 2 heterocycles. The quantitative estimate of drug-likeness (QED) is 0.901. The second-order valence-corrected chi connectivity index (χ2v) is 6.67. The zero-order valence-corrected chi connectivity index (χ0v) is 12.6. The van der Waals surface area contributed by atoms with Crippen molar-refractivity contribution in [3.05, 3.63) is 29.6 Å². The first kappa shape index (κ1) is 14.0. The molecule has 1 aromatic heterocycles. The summed E-state index contributed by atoms with van der Waals surface area (Å²) in [6, 6.07) is 4.17. The number of aromatic nitrogens is 1. The van der Waals surface area contributed by atoms with Crippen LogP contribution in [0.15, 0.2) is 18.3 Å². The minimum atomic E-state index is -0.660. The van der Waals surface area contributed by atoms with Gasteiger partial charge in [-0.2, -0.15) is 0 Å². The molecule has 1 aliphatic heterocycles. The van der Waals surface area contributed by atoms with E-state index >= 15 is 0 Å². The summed E-state index contributed by atoms with van der Waals surface area (Å²) >= 11 is 0. The topological polar surface area (TPSA) is 42.4 Å². The number of hydrogen-bond acceptors (Lipinski definition) is 3. The Kier molecular flexibility index (Phi) is 3.59. The van der Waals surface area contributed by atoms with Gasteiger partial charge in [-0.05, 0) is 44.2 Å². The fourth-order valence-electron chi connectivity index (χ4n) is 3.92. The molecule has 0 aromatic carbocycles. The van der Waals surface area contributed by atoms with Crippen molar-refractivity contribution >= 4 is 0 Å². The van der Waals surface area contributed by atoms with Gasteiger partial charge in [-0.3, -0.25) is 4.98 Å². The normalized spacial score (nSPS) is 37.5. The van der Waals surface area contributed by atoms with Crippen molar-refractivity contribution in [2.45, 2.75) is 69.5 Å². The smallest absolute Gasteiger partial charge is 0.0780 e. The molecule has 0 spiro atoms. The monoisotopic (exact) mass is 275 g/mol. The SMILES string of the molecule is CCC1(C)CC(O)(C2CCCc3cccnc32)CCO1. The van der Waals surface area contributed by atoms with Crippen LogP contribution in [0.2, 0.25) is 0 Å². The van der Waals surface area contributed by atoms with Gasteiger partial charge in [0, 0.05) is 30.7 Å². The Morgan fingerprint density at radius 2 is 2.35 bits per heavy atom. The number of aliphatic hydroxyl groups is 1. The summed E-state index contributed by atoms with van der Waals surface area (Å²) < 4.78 is 5.91. The average Bonchev–Trinajstić information content (AvgIpc) is 2.46. The van der Waals surface area contributed by atoms with Crippen LogP contribution >= 0.6 is 0 Å². The van der Waals surface area contributed by atoms with Crippen molar-refractivity contribution in [1.29, 1.82) is 0 Å². The maximum Gasteiger partial charge on any atom is 0.0780 e. The Bertz CT molecular complexity index is 490. The third kappa shape index (κ3) is 2.38. The molecule has 3 unspecified atom stereocenters. The number of rotatable bonds is 2. The van der Waals surface area contributed by atoms with E-state index in [1.807, 2.05) is 12.3 Å². The molecule has 3 nitrogen and oxygen atoms in total. The number of fused-ring (bicyclic) bond motifs is 1. The molecular formula is C17H25NO2. The molecule has 0 saturated carbocycles. The first-order chi connectivity index (χ1) is 9.56. The molecule has 3 atom stereocenters. The number of hydrogen-bond donors (Lipinski definition) is 1. The van der Waals surface area contributed by atoms with Crippen LogP contribution in [0.1, 0.15) is 63.1 Å².